The van der Waals surface area contributed by atoms with E-state index in [1.54, 1.807) is 24.1 Å². The molecule has 3 heterocycles. The number of aromatic hydroxyl groups is 1. The number of amidine groups is 1. The average Bonchev–Trinajstić information content (AvgIpc) is 2.98. The van der Waals surface area contributed by atoms with Gasteiger partial charge in [0.15, 0.2) is 23.3 Å². The maximum absolute atomic E-state index is 15.9. The summed E-state index contributed by atoms with van der Waals surface area (Å²) in [5.41, 5.74) is 0.184. The number of carbonyl (C=O) groups is 2. The molecule has 4 rings (SSSR count). The average molecular weight is 595 g/mol. The van der Waals surface area contributed by atoms with Crippen molar-refractivity contribution in [2.24, 2.45) is 4.99 Å². The van der Waals surface area contributed by atoms with E-state index in [2.05, 4.69) is 21.5 Å². The molecule has 0 spiro atoms. The molecule has 0 aliphatic carbocycles. The van der Waals surface area contributed by atoms with Gasteiger partial charge in [0.05, 0.1) is 22.5 Å². The predicted octanol–water partition coefficient (Wildman–Crippen LogP) is 5.09. The maximum Gasteiger partial charge on any atom is 0.246 e. The smallest absolute Gasteiger partial charge is 0.246 e. The fourth-order valence-electron chi connectivity index (χ4n) is 5.29. The van der Waals surface area contributed by atoms with Crippen molar-refractivity contribution in [3.63, 3.8) is 0 Å². The Kier molecular flexibility index (Phi) is 9.17. The van der Waals surface area contributed by atoms with Gasteiger partial charge in [0.1, 0.15) is 17.3 Å². The van der Waals surface area contributed by atoms with E-state index in [9.17, 15) is 23.5 Å². The van der Waals surface area contributed by atoms with Crippen LogP contribution < -0.4 is 4.90 Å². The highest BCUT2D eigenvalue weighted by molar-refractivity contribution is 6.07. The third kappa shape index (κ3) is 5.81. The Hall–Kier alpha value is -4.74. The summed E-state index contributed by atoms with van der Waals surface area (Å²) >= 11 is 0. The summed E-state index contributed by atoms with van der Waals surface area (Å²) in [4.78, 5) is 43.1. The van der Waals surface area contributed by atoms with Gasteiger partial charge in [-0.3, -0.25) is 24.5 Å². The van der Waals surface area contributed by atoms with Crippen molar-refractivity contribution in [3.8, 4) is 17.0 Å². The molecule has 1 atom stereocenters. The monoisotopic (exact) mass is 594 g/mol. The number of hydrogen-bond acceptors (Lipinski definition) is 6. The number of amides is 2. The predicted molar refractivity (Wildman–Crippen MR) is 158 cm³/mol. The molecule has 2 aromatic heterocycles. The standard InChI is InChI=1S/C31H33F3N6O3/c1-7-24(43)38-12-13-39(19(5)15-38)30(35-6)20-14-22(33)28(25-23(42)9-8-21(32)26(25)34)37-31(20)40(16-41)29-18(4)10-11-36-27(29)17(2)3/h7-11,14,16-17,19,42H,1,12-13,15H2,2-6H3/b35-30+. The van der Waals surface area contributed by atoms with Crippen molar-refractivity contribution in [3.05, 3.63) is 77.4 Å². The Bertz CT molecular complexity index is 1610. The summed E-state index contributed by atoms with van der Waals surface area (Å²) in [6.07, 6.45) is 3.33. The van der Waals surface area contributed by atoms with Crippen LogP contribution in [0.5, 0.6) is 5.75 Å². The lowest BCUT2D eigenvalue weighted by Crippen LogP contribution is -2.55. The van der Waals surface area contributed by atoms with Crippen LogP contribution in [0, 0.1) is 24.4 Å². The fraction of sp³-hybridized carbons (Fsp3) is 0.323. The summed E-state index contributed by atoms with van der Waals surface area (Å²) in [6, 6.07) is 4.06. The second-order valence-corrected chi connectivity index (χ2v) is 10.5. The van der Waals surface area contributed by atoms with Crippen molar-refractivity contribution in [1.29, 1.82) is 0 Å². The van der Waals surface area contributed by atoms with E-state index in [-0.39, 0.29) is 35.1 Å². The summed E-state index contributed by atoms with van der Waals surface area (Å²) in [5, 5.41) is 10.4. The number of aliphatic imine (C=N–C) groups is 1. The van der Waals surface area contributed by atoms with Crippen molar-refractivity contribution in [2.45, 2.75) is 39.7 Å². The quantitative estimate of drug-likeness (QED) is 0.177. The summed E-state index contributed by atoms with van der Waals surface area (Å²) < 4.78 is 45.2. The molecule has 0 radical (unpaired) electrons. The zero-order chi connectivity index (χ0) is 31.6. The molecule has 1 saturated heterocycles. The molecular weight excluding hydrogens is 561 g/mol. The normalized spacial score (nSPS) is 15.6. The molecule has 1 unspecified atom stereocenters. The van der Waals surface area contributed by atoms with Crippen LogP contribution in [0.4, 0.5) is 24.7 Å². The lowest BCUT2D eigenvalue weighted by molar-refractivity contribution is -0.128. The third-order valence-corrected chi connectivity index (χ3v) is 7.38. The van der Waals surface area contributed by atoms with Crippen LogP contribution in [0.15, 0.2) is 48.1 Å². The molecular formula is C31H33F3N6O3. The summed E-state index contributed by atoms with van der Waals surface area (Å²) in [5.74, 6) is -4.86. The van der Waals surface area contributed by atoms with Gasteiger partial charge in [-0.15, -0.1) is 0 Å². The number of halogens is 3. The first kappa shape index (κ1) is 31.2. The molecule has 1 N–H and O–H groups in total. The molecule has 9 nitrogen and oxygen atoms in total. The van der Waals surface area contributed by atoms with E-state index in [1.807, 2.05) is 25.7 Å². The van der Waals surface area contributed by atoms with Gasteiger partial charge in [0, 0.05) is 38.9 Å². The molecule has 1 aromatic carbocycles. The van der Waals surface area contributed by atoms with Crippen molar-refractivity contribution in [1.82, 2.24) is 19.8 Å². The number of phenols is 1. The second-order valence-electron chi connectivity index (χ2n) is 10.5. The number of aryl methyl sites for hydroxylation is 1. The topological polar surface area (TPSA) is 102 Å². The van der Waals surface area contributed by atoms with Crippen molar-refractivity contribution in [2.75, 3.05) is 31.6 Å². The van der Waals surface area contributed by atoms with Gasteiger partial charge < -0.3 is 14.9 Å². The summed E-state index contributed by atoms with van der Waals surface area (Å²) in [6.45, 7) is 11.9. The maximum atomic E-state index is 15.9. The van der Waals surface area contributed by atoms with Gasteiger partial charge in [-0.2, -0.15) is 0 Å². The van der Waals surface area contributed by atoms with E-state index < -0.39 is 34.5 Å². The van der Waals surface area contributed by atoms with Gasteiger partial charge in [-0.05, 0) is 55.7 Å². The highest BCUT2D eigenvalue weighted by atomic mass is 19.2. The molecule has 226 valence electrons. The Labute approximate surface area is 248 Å². The van der Waals surface area contributed by atoms with E-state index >= 15 is 4.39 Å². The molecule has 0 bridgehead atoms. The molecule has 2 amide bonds. The van der Waals surface area contributed by atoms with Crippen LogP contribution in [0.25, 0.3) is 11.3 Å². The van der Waals surface area contributed by atoms with Crippen LogP contribution in [0.2, 0.25) is 0 Å². The Morgan fingerprint density at radius 1 is 1.21 bits per heavy atom. The molecule has 1 aliphatic rings. The van der Waals surface area contributed by atoms with Crippen LogP contribution >= 0.6 is 0 Å². The lowest BCUT2D eigenvalue weighted by Gasteiger charge is -2.41. The Morgan fingerprint density at radius 2 is 1.93 bits per heavy atom. The minimum absolute atomic E-state index is 0.0838. The first-order valence-corrected chi connectivity index (χ1v) is 13.7. The molecule has 43 heavy (non-hydrogen) atoms. The Morgan fingerprint density at radius 3 is 2.53 bits per heavy atom. The largest absolute Gasteiger partial charge is 0.507 e. The van der Waals surface area contributed by atoms with E-state index in [0.29, 0.717) is 49.1 Å². The number of benzene rings is 1. The lowest BCUT2D eigenvalue weighted by atomic mass is 10.0. The zero-order valence-electron chi connectivity index (χ0n) is 24.6. The fourth-order valence-corrected chi connectivity index (χ4v) is 5.29. The number of hydrogen-bond donors (Lipinski definition) is 1. The van der Waals surface area contributed by atoms with Crippen LogP contribution in [-0.4, -0.2) is 75.8 Å². The Balaban J connectivity index is 2.00. The number of pyridine rings is 2. The van der Waals surface area contributed by atoms with Gasteiger partial charge in [0.2, 0.25) is 12.3 Å². The number of rotatable bonds is 7. The number of piperazine rings is 1. The summed E-state index contributed by atoms with van der Waals surface area (Å²) in [7, 11) is 1.50. The molecule has 1 fully saturated rings. The molecule has 3 aromatic rings. The van der Waals surface area contributed by atoms with Crippen LogP contribution in [0.1, 0.15) is 43.5 Å². The SMILES string of the molecule is C=CC(=O)N1CCN(/C(=N/C)c2cc(F)c(-c3c(O)ccc(F)c3F)nc2N(C=O)c2c(C)ccnc2C(C)C)C(C)C1. The van der Waals surface area contributed by atoms with E-state index in [0.717, 1.165) is 12.1 Å². The van der Waals surface area contributed by atoms with E-state index in [4.69, 9.17) is 0 Å². The first-order valence-electron chi connectivity index (χ1n) is 13.7. The highest BCUT2D eigenvalue weighted by Gasteiger charge is 2.33. The number of aromatic nitrogens is 2. The minimum atomic E-state index is -1.50. The van der Waals surface area contributed by atoms with Gasteiger partial charge in [0.25, 0.3) is 0 Å². The number of carbonyl (C=O) groups excluding carboxylic acids is 2. The van der Waals surface area contributed by atoms with E-state index in [1.165, 1.54) is 18.0 Å². The molecule has 12 heteroatoms. The first-order chi connectivity index (χ1) is 20.4. The number of phenolic OH excluding ortho intramolecular Hbond substituents is 1. The molecule has 0 saturated carbocycles. The molecule has 1 aliphatic heterocycles. The van der Waals surface area contributed by atoms with Crippen LogP contribution in [-0.2, 0) is 9.59 Å². The highest BCUT2D eigenvalue weighted by Crippen LogP contribution is 2.39. The van der Waals surface area contributed by atoms with Gasteiger partial charge in [-0.1, -0.05) is 20.4 Å². The number of anilines is 2. The number of nitrogens with zero attached hydrogens (tertiary/aromatic N) is 6. The van der Waals surface area contributed by atoms with Crippen molar-refractivity contribution < 1.29 is 27.9 Å². The van der Waals surface area contributed by atoms with Crippen LogP contribution in [0.3, 0.4) is 0 Å². The van der Waals surface area contributed by atoms with Crippen molar-refractivity contribution >= 4 is 29.7 Å². The van der Waals surface area contributed by atoms with Gasteiger partial charge >= 0.3 is 0 Å². The zero-order valence-corrected chi connectivity index (χ0v) is 24.6. The minimum Gasteiger partial charge on any atom is -0.507 e. The van der Waals surface area contributed by atoms with Gasteiger partial charge in [-0.25, -0.2) is 18.2 Å². The third-order valence-electron chi connectivity index (χ3n) is 7.38. The second kappa shape index (κ2) is 12.6.